The fourth-order valence-corrected chi connectivity index (χ4v) is 1.81. The van der Waals surface area contributed by atoms with Crippen molar-refractivity contribution in [1.82, 2.24) is 10.9 Å². The molecule has 1 aliphatic rings. The van der Waals surface area contributed by atoms with Crippen LogP contribution in [-0.2, 0) is 9.59 Å². The highest BCUT2D eigenvalue weighted by atomic mass is 79.9. The van der Waals surface area contributed by atoms with E-state index in [2.05, 4.69) is 32.1 Å². The maximum absolute atomic E-state index is 11.7. The van der Waals surface area contributed by atoms with Crippen LogP contribution in [0.3, 0.4) is 0 Å². The largest absolute Gasteiger partial charge is 0.325 e. The van der Waals surface area contributed by atoms with E-state index in [4.69, 9.17) is 0 Å². The first-order valence-corrected chi connectivity index (χ1v) is 5.55. The normalized spacial score (nSPS) is 19.3. The number of hydrogen-bond acceptors (Lipinski definition) is 3. The summed E-state index contributed by atoms with van der Waals surface area (Å²) in [6, 6.07) is 6.76. The van der Waals surface area contributed by atoms with Gasteiger partial charge in [0.1, 0.15) is 6.04 Å². The van der Waals surface area contributed by atoms with Crippen LogP contribution in [0.4, 0.5) is 5.69 Å². The lowest BCUT2D eigenvalue weighted by Crippen LogP contribution is -2.39. The second-order valence-corrected chi connectivity index (χ2v) is 4.36. The maximum Gasteiger partial charge on any atom is 0.243 e. The summed E-state index contributed by atoms with van der Waals surface area (Å²) < 4.78 is 0.888. The SMILES string of the molecule is O=C1CC(C(=O)Nc2cccc(Br)c2)NN1. The molecule has 1 atom stereocenters. The molecule has 2 amide bonds. The molecule has 3 N–H and O–H groups in total. The number of rotatable bonds is 2. The van der Waals surface area contributed by atoms with Crippen molar-refractivity contribution in [2.45, 2.75) is 12.5 Å². The van der Waals surface area contributed by atoms with Crippen LogP contribution in [0.1, 0.15) is 6.42 Å². The van der Waals surface area contributed by atoms with Gasteiger partial charge >= 0.3 is 0 Å². The maximum atomic E-state index is 11.7. The Bertz CT molecular complexity index is 436. The topological polar surface area (TPSA) is 70.2 Å². The summed E-state index contributed by atoms with van der Waals surface area (Å²) >= 11 is 3.31. The average molecular weight is 284 g/mol. The highest BCUT2D eigenvalue weighted by Crippen LogP contribution is 2.16. The number of hydrazine groups is 1. The van der Waals surface area contributed by atoms with Crippen LogP contribution in [0.25, 0.3) is 0 Å². The van der Waals surface area contributed by atoms with E-state index >= 15 is 0 Å². The third-order valence-electron chi connectivity index (χ3n) is 2.18. The van der Waals surface area contributed by atoms with Gasteiger partial charge < -0.3 is 5.32 Å². The Kier molecular flexibility index (Phi) is 3.21. The summed E-state index contributed by atoms with van der Waals surface area (Å²) in [6.07, 6.45) is 0.167. The van der Waals surface area contributed by atoms with E-state index in [1.165, 1.54) is 0 Å². The highest BCUT2D eigenvalue weighted by Gasteiger charge is 2.27. The van der Waals surface area contributed by atoms with Crippen molar-refractivity contribution in [3.8, 4) is 0 Å². The highest BCUT2D eigenvalue weighted by molar-refractivity contribution is 9.10. The third kappa shape index (κ3) is 2.59. The summed E-state index contributed by atoms with van der Waals surface area (Å²) in [4.78, 5) is 22.6. The Morgan fingerprint density at radius 1 is 1.50 bits per heavy atom. The molecule has 6 heteroatoms. The summed E-state index contributed by atoms with van der Waals surface area (Å²) in [5, 5.41) is 2.72. The molecule has 0 saturated carbocycles. The molecular formula is C10H10BrN3O2. The van der Waals surface area contributed by atoms with Crippen LogP contribution >= 0.6 is 15.9 Å². The first kappa shape index (κ1) is 11.1. The number of carbonyl (C=O) groups excluding carboxylic acids is 2. The fraction of sp³-hybridized carbons (Fsp3) is 0.200. The molecule has 1 fully saturated rings. The van der Waals surface area contributed by atoms with Gasteiger partial charge in [-0.2, -0.15) is 0 Å². The van der Waals surface area contributed by atoms with E-state index in [1.807, 2.05) is 12.1 Å². The standard InChI is InChI=1S/C10H10BrN3O2/c11-6-2-1-3-7(4-6)12-10(16)8-5-9(15)14-13-8/h1-4,8,13H,5H2,(H,12,16)(H,14,15). The lowest BCUT2D eigenvalue weighted by Gasteiger charge is -2.09. The zero-order valence-electron chi connectivity index (χ0n) is 8.29. The number of carbonyl (C=O) groups is 2. The van der Waals surface area contributed by atoms with Crippen molar-refractivity contribution in [3.63, 3.8) is 0 Å². The Balaban J connectivity index is 1.99. The van der Waals surface area contributed by atoms with E-state index in [0.717, 1.165) is 4.47 Å². The van der Waals surface area contributed by atoms with Crippen molar-refractivity contribution in [3.05, 3.63) is 28.7 Å². The van der Waals surface area contributed by atoms with Gasteiger partial charge in [0.15, 0.2) is 0 Å². The molecule has 1 heterocycles. The molecule has 5 nitrogen and oxygen atoms in total. The van der Waals surface area contributed by atoms with E-state index in [9.17, 15) is 9.59 Å². The first-order valence-electron chi connectivity index (χ1n) is 4.76. The average Bonchev–Trinajstić information content (AvgIpc) is 2.65. The van der Waals surface area contributed by atoms with Gasteiger partial charge in [-0.25, -0.2) is 5.43 Å². The van der Waals surface area contributed by atoms with Crippen molar-refractivity contribution >= 4 is 33.4 Å². The molecule has 1 aromatic carbocycles. The molecule has 1 aliphatic heterocycles. The van der Waals surface area contributed by atoms with Crippen molar-refractivity contribution in [2.24, 2.45) is 0 Å². The van der Waals surface area contributed by atoms with Gasteiger partial charge in [-0.3, -0.25) is 15.0 Å². The third-order valence-corrected chi connectivity index (χ3v) is 2.68. The molecule has 1 saturated heterocycles. The van der Waals surface area contributed by atoms with Crippen molar-refractivity contribution in [2.75, 3.05) is 5.32 Å². The lowest BCUT2D eigenvalue weighted by molar-refractivity contribution is -0.121. The molecule has 0 radical (unpaired) electrons. The number of benzene rings is 1. The van der Waals surface area contributed by atoms with Gasteiger partial charge in [0.2, 0.25) is 11.8 Å². The van der Waals surface area contributed by atoms with Crippen LogP contribution in [0, 0.1) is 0 Å². The van der Waals surface area contributed by atoms with Crippen LogP contribution < -0.4 is 16.2 Å². The first-order chi connectivity index (χ1) is 7.65. The van der Waals surface area contributed by atoms with Gasteiger partial charge in [0.25, 0.3) is 0 Å². The summed E-state index contributed by atoms with van der Waals surface area (Å²) in [5.74, 6) is -0.397. The van der Waals surface area contributed by atoms with Crippen molar-refractivity contribution in [1.29, 1.82) is 0 Å². The van der Waals surface area contributed by atoms with E-state index in [-0.39, 0.29) is 18.2 Å². The lowest BCUT2D eigenvalue weighted by atomic mass is 10.2. The summed E-state index contributed by atoms with van der Waals surface area (Å²) in [5.41, 5.74) is 5.70. The molecule has 16 heavy (non-hydrogen) atoms. The number of amides is 2. The molecular weight excluding hydrogens is 274 g/mol. The Hall–Kier alpha value is -1.40. The number of hydrogen-bond donors (Lipinski definition) is 3. The second-order valence-electron chi connectivity index (χ2n) is 3.45. The number of anilines is 1. The summed E-state index contributed by atoms with van der Waals surface area (Å²) in [7, 11) is 0. The van der Waals surface area contributed by atoms with Crippen molar-refractivity contribution < 1.29 is 9.59 Å². The molecule has 1 aromatic rings. The predicted molar refractivity (Wildman–Crippen MR) is 62.5 cm³/mol. The van der Waals surface area contributed by atoms with E-state index < -0.39 is 6.04 Å². The molecule has 0 aliphatic carbocycles. The van der Waals surface area contributed by atoms with Crippen LogP contribution in [0.15, 0.2) is 28.7 Å². The minimum Gasteiger partial charge on any atom is -0.325 e. The monoisotopic (exact) mass is 283 g/mol. The molecule has 84 valence electrons. The quantitative estimate of drug-likeness (QED) is 0.751. The van der Waals surface area contributed by atoms with Crippen LogP contribution in [0.2, 0.25) is 0 Å². The van der Waals surface area contributed by atoms with E-state index in [1.54, 1.807) is 12.1 Å². The van der Waals surface area contributed by atoms with Gasteiger partial charge in [-0.15, -0.1) is 0 Å². The number of nitrogens with one attached hydrogen (secondary N) is 3. The molecule has 0 spiro atoms. The van der Waals surface area contributed by atoms with Gasteiger partial charge in [0.05, 0.1) is 6.42 Å². The molecule has 2 rings (SSSR count). The Morgan fingerprint density at radius 2 is 2.31 bits per heavy atom. The van der Waals surface area contributed by atoms with Gasteiger partial charge in [-0.05, 0) is 18.2 Å². The number of halogens is 1. The van der Waals surface area contributed by atoms with Gasteiger partial charge in [-0.1, -0.05) is 22.0 Å². The van der Waals surface area contributed by atoms with Crippen LogP contribution in [0.5, 0.6) is 0 Å². The summed E-state index contributed by atoms with van der Waals surface area (Å²) in [6.45, 7) is 0. The zero-order valence-corrected chi connectivity index (χ0v) is 9.87. The van der Waals surface area contributed by atoms with E-state index in [0.29, 0.717) is 5.69 Å². The van der Waals surface area contributed by atoms with Gasteiger partial charge in [0, 0.05) is 10.2 Å². The predicted octanol–water partition coefficient (Wildman–Crippen LogP) is 0.781. The van der Waals surface area contributed by atoms with Crippen LogP contribution in [-0.4, -0.2) is 17.9 Å². The fourth-order valence-electron chi connectivity index (χ4n) is 1.41. The second kappa shape index (κ2) is 4.63. The Labute approximate surface area is 101 Å². The zero-order chi connectivity index (χ0) is 11.5. The minimum absolute atomic E-state index is 0.167. The molecule has 0 aromatic heterocycles. The minimum atomic E-state index is -0.508. The smallest absolute Gasteiger partial charge is 0.243 e. The molecule has 0 bridgehead atoms. The Morgan fingerprint density at radius 3 is 2.94 bits per heavy atom. The molecule has 1 unspecified atom stereocenters.